The largest absolute Gasteiger partial charge is 0.497 e. The maximum Gasteiger partial charge on any atom is 0.199 e. The summed E-state index contributed by atoms with van der Waals surface area (Å²) in [5, 5.41) is 1.35. The van der Waals surface area contributed by atoms with Gasteiger partial charge < -0.3 is 9.47 Å². The first kappa shape index (κ1) is 21.2. The summed E-state index contributed by atoms with van der Waals surface area (Å²) in [5.41, 5.74) is 3.35. The molecule has 1 fully saturated rings. The van der Waals surface area contributed by atoms with E-state index in [1.807, 2.05) is 31.2 Å². The van der Waals surface area contributed by atoms with Gasteiger partial charge in [-0.2, -0.15) is 0 Å². The molecule has 1 aliphatic carbocycles. The number of hydrogen-bond acceptors (Lipinski definition) is 4. The molecule has 29 heavy (non-hydrogen) atoms. The van der Waals surface area contributed by atoms with Gasteiger partial charge in [0.15, 0.2) is 9.84 Å². The minimum atomic E-state index is -3.45. The molecule has 0 N–H and O–H groups in total. The van der Waals surface area contributed by atoms with Crippen LogP contribution < -0.4 is 9.47 Å². The number of hydrogen-bond donors (Lipinski definition) is 0. The van der Waals surface area contributed by atoms with Crippen LogP contribution in [0.5, 0.6) is 11.5 Å². The summed E-state index contributed by atoms with van der Waals surface area (Å²) in [4.78, 5) is 0.276. The van der Waals surface area contributed by atoms with Crippen molar-refractivity contribution in [2.24, 2.45) is 5.92 Å². The standard InChI is InChI=1S/C24H28O4S/c1-18-4-6-20(7-5-18)12-13-29(25,26)24-10-8-22(9-11-24)28-17-21-14-19(2)15-23(16-21)27-3/h8-16,20H,1,4-7,17H2,2-3H3. The van der Waals surface area contributed by atoms with Crippen LogP contribution in [-0.4, -0.2) is 15.5 Å². The third kappa shape index (κ3) is 5.97. The number of sulfone groups is 1. The number of rotatable bonds is 7. The van der Waals surface area contributed by atoms with Gasteiger partial charge in [0.1, 0.15) is 18.1 Å². The maximum absolute atomic E-state index is 12.6. The van der Waals surface area contributed by atoms with E-state index in [-0.39, 0.29) is 4.90 Å². The van der Waals surface area contributed by atoms with Crippen LogP contribution in [0.4, 0.5) is 0 Å². The van der Waals surface area contributed by atoms with Crippen molar-refractivity contribution < 1.29 is 17.9 Å². The van der Waals surface area contributed by atoms with E-state index in [1.54, 1.807) is 31.4 Å². The molecule has 0 amide bonds. The Bertz CT molecular complexity index is 978. The lowest BCUT2D eigenvalue weighted by Gasteiger charge is -2.19. The highest BCUT2D eigenvalue weighted by molar-refractivity contribution is 7.94. The highest BCUT2D eigenvalue weighted by atomic mass is 32.2. The van der Waals surface area contributed by atoms with E-state index in [2.05, 4.69) is 6.58 Å². The Morgan fingerprint density at radius 2 is 1.76 bits per heavy atom. The monoisotopic (exact) mass is 412 g/mol. The lowest BCUT2D eigenvalue weighted by atomic mass is 9.87. The Labute approximate surface area is 173 Å². The number of methoxy groups -OCH3 is 1. The Hall–Kier alpha value is -2.53. The quantitative estimate of drug-likeness (QED) is 0.554. The summed E-state index contributed by atoms with van der Waals surface area (Å²) in [7, 11) is -1.81. The third-order valence-electron chi connectivity index (χ3n) is 5.17. The van der Waals surface area contributed by atoms with E-state index in [0.717, 1.165) is 42.6 Å². The van der Waals surface area contributed by atoms with E-state index in [1.165, 1.54) is 11.0 Å². The summed E-state index contributed by atoms with van der Waals surface area (Å²) >= 11 is 0. The van der Waals surface area contributed by atoms with Crippen LogP contribution in [0, 0.1) is 12.8 Å². The van der Waals surface area contributed by atoms with Crippen LogP contribution in [0.1, 0.15) is 36.8 Å². The zero-order chi connectivity index (χ0) is 20.9. The maximum atomic E-state index is 12.6. The van der Waals surface area contributed by atoms with Crippen LogP contribution in [-0.2, 0) is 16.4 Å². The molecule has 3 rings (SSSR count). The molecule has 154 valence electrons. The van der Waals surface area contributed by atoms with Crippen LogP contribution in [0.25, 0.3) is 0 Å². The van der Waals surface area contributed by atoms with Crippen LogP contribution in [0.2, 0.25) is 0 Å². The van der Waals surface area contributed by atoms with E-state index >= 15 is 0 Å². The zero-order valence-electron chi connectivity index (χ0n) is 17.1. The Morgan fingerprint density at radius 3 is 2.41 bits per heavy atom. The van der Waals surface area contributed by atoms with Gasteiger partial charge in [0.25, 0.3) is 0 Å². The Kier molecular flexibility index (Phi) is 6.80. The smallest absolute Gasteiger partial charge is 0.199 e. The van der Waals surface area contributed by atoms with Crippen LogP contribution in [0.15, 0.2) is 71.0 Å². The molecule has 0 unspecified atom stereocenters. The molecule has 0 aliphatic heterocycles. The molecule has 0 aromatic heterocycles. The van der Waals surface area contributed by atoms with Gasteiger partial charge in [-0.3, -0.25) is 0 Å². The molecule has 0 radical (unpaired) electrons. The second-order valence-corrected chi connectivity index (χ2v) is 9.41. The first-order valence-corrected chi connectivity index (χ1v) is 11.4. The topological polar surface area (TPSA) is 52.6 Å². The van der Waals surface area contributed by atoms with E-state index in [4.69, 9.17) is 9.47 Å². The average Bonchev–Trinajstić information content (AvgIpc) is 2.72. The van der Waals surface area contributed by atoms with Crippen LogP contribution >= 0.6 is 0 Å². The normalized spacial score (nSPS) is 15.6. The highest BCUT2D eigenvalue weighted by Crippen LogP contribution is 2.28. The summed E-state index contributed by atoms with van der Waals surface area (Å²) in [6, 6.07) is 12.5. The first-order valence-electron chi connectivity index (χ1n) is 9.83. The van der Waals surface area contributed by atoms with Crippen molar-refractivity contribution in [2.75, 3.05) is 7.11 Å². The molecule has 0 saturated heterocycles. The van der Waals surface area contributed by atoms with E-state index in [0.29, 0.717) is 18.3 Å². The molecule has 0 heterocycles. The van der Waals surface area contributed by atoms with Gasteiger partial charge in [-0.05, 0) is 86.1 Å². The fraction of sp³-hybridized carbons (Fsp3) is 0.333. The predicted octanol–water partition coefficient (Wildman–Crippen LogP) is 5.62. The molecule has 5 heteroatoms. The van der Waals surface area contributed by atoms with Crippen molar-refractivity contribution >= 4 is 9.84 Å². The Morgan fingerprint density at radius 1 is 1.07 bits per heavy atom. The molecule has 2 aromatic carbocycles. The molecular weight excluding hydrogens is 384 g/mol. The van der Waals surface area contributed by atoms with E-state index in [9.17, 15) is 8.42 Å². The fourth-order valence-electron chi connectivity index (χ4n) is 3.45. The molecule has 0 bridgehead atoms. The van der Waals surface area contributed by atoms with Gasteiger partial charge in [-0.25, -0.2) is 8.42 Å². The highest BCUT2D eigenvalue weighted by Gasteiger charge is 2.15. The molecule has 4 nitrogen and oxygen atoms in total. The van der Waals surface area contributed by atoms with Crippen molar-refractivity contribution in [2.45, 2.75) is 44.1 Å². The minimum Gasteiger partial charge on any atom is -0.497 e. The van der Waals surface area contributed by atoms with Crippen LogP contribution in [0.3, 0.4) is 0 Å². The van der Waals surface area contributed by atoms with Gasteiger partial charge in [-0.1, -0.05) is 24.3 Å². The second-order valence-electron chi connectivity index (χ2n) is 7.58. The average molecular weight is 413 g/mol. The number of allylic oxidation sites excluding steroid dienone is 2. The molecular formula is C24H28O4S. The fourth-order valence-corrected chi connectivity index (χ4v) is 4.55. The SMILES string of the molecule is C=C1CCC(C=CS(=O)(=O)c2ccc(OCc3cc(C)cc(OC)c3)cc2)CC1. The van der Waals surface area contributed by atoms with Crippen molar-refractivity contribution in [1.29, 1.82) is 0 Å². The van der Waals surface area contributed by atoms with Gasteiger partial charge in [0.2, 0.25) is 0 Å². The van der Waals surface area contributed by atoms with Gasteiger partial charge in [0, 0.05) is 5.41 Å². The Balaban J connectivity index is 1.61. The van der Waals surface area contributed by atoms with Crippen molar-refractivity contribution in [3.8, 4) is 11.5 Å². The van der Waals surface area contributed by atoms with Crippen molar-refractivity contribution in [1.82, 2.24) is 0 Å². The van der Waals surface area contributed by atoms with E-state index < -0.39 is 9.84 Å². The molecule has 2 aromatic rings. The van der Waals surface area contributed by atoms with Gasteiger partial charge in [0.05, 0.1) is 12.0 Å². The molecule has 0 spiro atoms. The second kappa shape index (κ2) is 9.31. The summed E-state index contributed by atoms with van der Waals surface area (Å²) in [6.45, 7) is 6.39. The number of ether oxygens (including phenoxy) is 2. The van der Waals surface area contributed by atoms with Gasteiger partial charge in [-0.15, -0.1) is 0 Å². The predicted molar refractivity (Wildman–Crippen MR) is 116 cm³/mol. The lowest BCUT2D eigenvalue weighted by Crippen LogP contribution is -2.06. The summed E-state index contributed by atoms with van der Waals surface area (Å²) < 4.78 is 36.2. The summed E-state index contributed by atoms with van der Waals surface area (Å²) in [6.07, 6.45) is 5.74. The molecule has 1 saturated carbocycles. The summed E-state index contributed by atoms with van der Waals surface area (Å²) in [5.74, 6) is 1.72. The van der Waals surface area contributed by atoms with Gasteiger partial charge >= 0.3 is 0 Å². The van der Waals surface area contributed by atoms with Crippen molar-refractivity contribution in [3.05, 3.63) is 77.2 Å². The minimum absolute atomic E-state index is 0.276. The molecule has 0 atom stereocenters. The first-order chi connectivity index (χ1) is 13.9. The molecule has 1 aliphatic rings. The third-order valence-corrected chi connectivity index (χ3v) is 6.62. The number of aryl methyl sites for hydroxylation is 1. The van der Waals surface area contributed by atoms with Crippen molar-refractivity contribution in [3.63, 3.8) is 0 Å². The lowest BCUT2D eigenvalue weighted by molar-refractivity contribution is 0.305. The number of benzene rings is 2. The zero-order valence-corrected chi connectivity index (χ0v) is 17.9.